The average molecular weight is 598 g/mol. The van der Waals surface area contributed by atoms with E-state index in [4.69, 9.17) is 0 Å². The van der Waals surface area contributed by atoms with E-state index in [1.165, 1.54) is 30.3 Å². The van der Waals surface area contributed by atoms with Gasteiger partial charge >= 0.3 is 12.1 Å². The summed E-state index contributed by atoms with van der Waals surface area (Å²) >= 11 is 0. The fourth-order valence-corrected chi connectivity index (χ4v) is 5.13. The van der Waals surface area contributed by atoms with Gasteiger partial charge in [0.15, 0.2) is 5.69 Å². The highest BCUT2D eigenvalue weighted by Crippen LogP contribution is 2.32. The zero-order valence-corrected chi connectivity index (χ0v) is 22.7. The molecule has 0 atom stereocenters. The Morgan fingerprint density at radius 2 is 1.60 bits per heavy atom. The molecular weight excluding hydrogens is 570 g/mol. The summed E-state index contributed by atoms with van der Waals surface area (Å²) in [5.74, 6) is -3.28. The van der Waals surface area contributed by atoms with E-state index in [0.717, 1.165) is 36.1 Å². The van der Waals surface area contributed by atoms with E-state index in [1.54, 1.807) is 18.2 Å². The van der Waals surface area contributed by atoms with Crippen molar-refractivity contribution < 1.29 is 37.1 Å². The number of carbonyl (C=O) groups excluding carboxylic acids is 2. The number of nitrogens with one attached hydrogen (secondary N) is 2. The van der Waals surface area contributed by atoms with E-state index in [9.17, 15) is 37.1 Å². The lowest BCUT2D eigenvalue weighted by atomic mass is 10.1. The number of fused-ring (bicyclic) bond motifs is 1. The van der Waals surface area contributed by atoms with Crippen molar-refractivity contribution in [2.24, 2.45) is 0 Å². The second kappa shape index (κ2) is 12.1. The van der Waals surface area contributed by atoms with E-state index in [1.807, 2.05) is 4.90 Å². The van der Waals surface area contributed by atoms with Crippen molar-refractivity contribution in [2.75, 3.05) is 28.6 Å². The molecule has 3 N–H and O–H groups in total. The largest absolute Gasteiger partial charge is 0.481 e. The first-order chi connectivity index (χ1) is 20.5. The van der Waals surface area contributed by atoms with Gasteiger partial charge < -0.3 is 20.6 Å². The van der Waals surface area contributed by atoms with E-state index in [-0.39, 0.29) is 39.1 Å². The van der Waals surface area contributed by atoms with Crippen LogP contribution in [0.1, 0.15) is 45.7 Å². The van der Waals surface area contributed by atoms with E-state index < -0.39 is 42.7 Å². The molecule has 4 aromatic rings. The van der Waals surface area contributed by atoms with E-state index >= 15 is 0 Å². The van der Waals surface area contributed by atoms with E-state index in [0.29, 0.717) is 18.8 Å². The Morgan fingerprint density at radius 1 is 0.884 bits per heavy atom. The summed E-state index contributed by atoms with van der Waals surface area (Å²) in [5, 5.41) is 18.7. The molecule has 0 bridgehead atoms. The molecule has 1 aliphatic heterocycles. The number of nitrogens with zero attached hydrogens (tertiary/aromatic N) is 3. The molecule has 1 aliphatic rings. The third-order valence-electron chi connectivity index (χ3n) is 7.07. The Labute approximate surface area is 243 Å². The minimum absolute atomic E-state index is 0.0141. The van der Waals surface area contributed by atoms with Gasteiger partial charge in [-0.25, -0.2) is 4.39 Å². The number of carboxylic acids is 1. The van der Waals surface area contributed by atoms with Gasteiger partial charge in [-0.2, -0.15) is 18.3 Å². The molecule has 2 amide bonds. The molecule has 0 unspecified atom stereocenters. The highest BCUT2D eigenvalue weighted by atomic mass is 19.4. The van der Waals surface area contributed by atoms with Crippen molar-refractivity contribution in [2.45, 2.75) is 38.4 Å². The minimum atomic E-state index is -4.56. The van der Waals surface area contributed by atoms with Crippen LogP contribution in [0.3, 0.4) is 0 Å². The normalized spacial score (nSPS) is 13.6. The van der Waals surface area contributed by atoms with Crippen LogP contribution in [0.25, 0.3) is 10.9 Å². The Bertz CT molecular complexity index is 1700. The van der Waals surface area contributed by atoms with Gasteiger partial charge in [0.2, 0.25) is 0 Å². The molecule has 0 radical (unpaired) electrons. The number of amides is 2. The van der Waals surface area contributed by atoms with Crippen molar-refractivity contribution in [3.63, 3.8) is 0 Å². The maximum absolute atomic E-state index is 13.9. The van der Waals surface area contributed by atoms with Crippen LogP contribution in [-0.4, -0.2) is 51.9 Å². The molecule has 1 aromatic heterocycles. The Morgan fingerprint density at radius 3 is 2.33 bits per heavy atom. The van der Waals surface area contributed by atoms with Crippen LogP contribution >= 0.6 is 0 Å². The van der Waals surface area contributed by atoms with Gasteiger partial charge in [-0.1, -0.05) is 24.3 Å². The van der Waals surface area contributed by atoms with Crippen LogP contribution in [0.4, 0.5) is 34.6 Å². The number of carboxylic acid groups (broad SMARTS) is 1. The first-order valence-corrected chi connectivity index (χ1v) is 13.5. The molecule has 9 nitrogen and oxygen atoms in total. The lowest BCUT2D eigenvalue weighted by Gasteiger charge is -2.30. The third-order valence-corrected chi connectivity index (χ3v) is 7.07. The van der Waals surface area contributed by atoms with Gasteiger partial charge in [-0.15, -0.1) is 0 Å². The average Bonchev–Trinajstić information content (AvgIpc) is 3.32. The van der Waals surface area contributed by atoms with Gasteiger partial charge in [0, 0.05) is 29.7 Å². The molecule has 1 saturated heterocycles. The Balaban J connectivity index is 1.49. The molecular formula is C30H27F4N5O4. The summed E-state index contributed by atoms with van der Waals surface area (Å²) in [6.45, 7) is 0.0121. The fraction of sp³-hybridized carbons (Fsp3) is 0.267. The van der Waals surface area contributed by atoms with Crippen LogP contribution in [0.15, 0.2) is 60.7 Å². The predicted molar refractivity (Wildman–Crippen MR) is 152 cm³/mol. The van der Waals surface area contributed by atoms with Crippen LogP contribution in [0.5, 0.6) is 0 Å². The monoisotopic (exact) mass is 597 g/mol. The van der Waals surface area contributed by atoms with Crippen molar-refractivity contribution in [3.8, 4) is 0 Å². The number of piperidine rings is 1. The van der Waals surface area contributed by atoms with Gasteiger partial charge in [0.1, 0.15) is 12.4 Å². The topological polar surface area (TPSA) is 117 Å². The number of halogens is 4. The molecule has 13 heteroatoms. The minimum Gasteiger partial charge on any atom is -0.481 e. The molecule has 2 heterocycles. The lowest BCUT2D eigenvalue weighted by molar-refractivity contribution is -0.142. The Hall–Kier alpha value is -4.94. The summed E-state index contributed by atoms with van der Waals surface area (Å²) in [4.78, 5) is 40.0. The molecule has 43 heavy (non-hydrogen) atoms. The summed E-state index contributed by atoms with van der Waals surface area (Å²) < 4.78 is 54.3. The molecule has 3 aromatic carbocycles. The first-order valence-electron chi connectivity index (χ1n) is 13.5. The molecule has 0 saturated carbocycles. The Kier molecular flexibility index (Phi) is 8.33. The predicted octanol–water partition coefficient (Wildman–Crippen LogP) is 5.86. The lowest BCUT2D eigenvalue weighted by Crippen LogP contribution is -2.30. The number of carbonyl (C=O) groups is 3. The maximum Gasteiger partial charge on any atom is 0.408 e. The SMILES string of the molecule is O=C(O)Cc1ccc(F)cc1NC(=O)c1ccc(N2CCCCC2)c(NC(=O)c2nn(CC(F)(F)F)c3ccccc23)c1. The smallest absolute Gasteiger partial charge is 0.408 e. The van der Waals surface area contributed by atoms with Crippen molar-refractivity contribution >= 4 is 45.7 Å². The first kappa shape index (κ1) is 29.5. The maximum atomic E-state index is 13.9. The third kappa shape index (κ3) is 6.93. The zero-order valence-electron chi connectivity index (χ0n) is 22.7. The quantitative estimate of drug-likeness (QED) is 0.219. The van der Waals surface area contributed by atoms with Gasteiger partial charge in [0.05, 0.1) is 23.3 Å². The molecule has 224 valence electrons. The molecule has 0 aliphatic carbocycles. The number of para-hydroxylation sites is 1. The number of rotatable bonds is 8. The summed E-state index contributed by atoms with van der Waals surface area (Å²) in [6, 6.07) is 14.1. The fourth-order valence-electron chi connectivity index (χ4n) is 5.13. The van der Waals surface area contributed by atoms with Gasteiger partial charge in [-0.3, -0.25) is 19.1 Å². The number of benzene rings is 3. The number of anilines is 3. The van der Waals surface area contributed by atoms with Crippen LogP contribution < -0.4 is 15.5 Å². The number of alkyl halides is 3. The van der Waals surface area contributed by atoms with Crippen LogP contribution in [0, 0.1) is 5.82 Å². The highest BCUT2D eigenvalue weighted by molar-refractivity contribution is 6.13. The summed E-state index contributed by atoms with van der Waals surface area (Å²) in [7, 11) is 0. The van der Waals surface area contributed by atoms with Gasteiger partial charge in [-0.05, 0) is 61.2 Å². The van der Waals surface area contributed by atoms with Crippen LogP contribution in [-0.2, 0) is 17.8 Å². The van der Waals surface area contributed by atoms with Crippen molar-refractivity contribution in [3.05, 3.63) is 83.3 Å². The number of aromatic nitrogens is 2. The van der Waals surface area contributed by atoms with Crippen molar-refractivity contribution in [1.29, 1.82) is 0 Å². The second-order valence-electron chi connectivity index (χ2n) is 10.2. The molecule has 5 rings (SSSR count). The summed E-state index contributed by atoms with van der Waals surface area (Å²) in [5.41, 5.74) is 1.04. The highest BCUT2D eigenvalue weighted by Gasteiger charge is 2.31. The zero-order chi connectivity index (χ0) is 30.7. The molecule has 1 fully saturated rings. The van der Waals surface area contributed by atoms with Crippen molar-refractivity contribution in [1.82, 2.24) is 9.78 Å². The van der Waals surface area contributed by atoms with E-state index in [2.05, 4.69) is 15.7 Å². The number of hydrogen-bond donors (Lipinski definition) is 3. The second-order valence-corrected chi connectivity index (χ2v) is 10.2. The van der Waals surface area contributed by atoms with Crippen LogP contribution in [0.2, 0.25) is 0 Å². The number of aliphatic carboxylic acids is 1. The van der Waals surface area contributed by atoms with Gasteiger partial charge in [0.25, 0.3) is 11.8 Å². The number of hydrogen-bond acceptors (Lipinski definition) is 5. The molecule has 0 spiro atoms. The standard InChI is InChI=1S/C30H27F4N5O4/c31-20-10-8-18(15-26(40)41)22(16-20)35-28(42)19-9-11-25(38-12-4-1-5-13-38)23(14-19)36-29(43)27-21-6-2-3-7-24(21)39(37-27)17-30(32,33)34/h2-3,6-11,14,16H,1,4-5,12-13,15,17H2,(H,35,42)(H,36,43)(H,40,41). The summed E-state index contributed by atoms with van der Waals surface area (Å²) in [6.07, 6.45) is -2.15.